The van der Waals surface area contributed by atoms with Crippen LogP contribution < -0.4 is 9.47 Å². The summed E-state index contributed by atoms with van der Waals surface area (Å²) in [6, 6.07) is 4.25. The summed E-state index contributed by atoms with van der Waals surface area (Å²) < 4.78 is 79.8. The van der Waals surface area contributed by atoms with Crippen LogP contribution in [0.4, 0.5) is 0 Å². The molecule has 5 atom stereocenters. The first-order valence-electron chi connectivity index (χ1n) is 22.3. The van der Waals surface area contributed by atoms with Gasteiger partial charge in [0.15, 0.2) is 18.3 Å². The zero-order valence-corrected chi connectivity index (χ0v) is 36.3. The molecule has 0 aromatic heterocycles. The van der Waals surface area contributed by atoms with E-state index in [9.17, 15) is 5.11 Å². The number of likely N-dealkylation sites (tertiary alicyclic amines) is 1. The Morgan fingerprint density at radius 2 is 1.15 bits per heavy atom. The van der Waals surface area contributed by atoms with Crippen molar-refractivity contribution in [3.05, 3.63) is 23.3 Å². The van der Waals surface area contributed by atoms with E-state index in [4.69, 9.17) is 66.3 Å². The van der Waals surface area contributed by atoms with Crippen molar-refractivity contribution in [1.29, 1.82) is 0 Å². The summed E-state index contributed by atoms with van der Waals surface area (Å²) in [5.74, 6) is 2.14. The average molecular weight is 856 g/mol. The van der Waals surface area contributed by atoms with Crippen LogP contribution in [0.15, 0.2) is 12.1 Å². The molecule has 1 N–H and O–H groups in total. The van der Waals surface area contributed by atoms with Crippen LogP contribution >= 0.6 is 0 Å². The van der Waals surface area contributed by atoms with Gasteiger partial charge in [0.05, 0.1) is 149 Å². The summed E-state index contributed by atoms with van der Waals surface area (Å²) in [4.78, 5) is 2.60. The van der Waals surface area contributed by atoms with E-state index in [-0.39, 0.29) is 25.0 Å². The van der Waals surface area contributed by atoms with Gasteiger partial charge in [0.1, 0.15) is 6.10 Å². The van der Waals surface area contributed by atoms with Gasteiger partial charge in [0, 0.05) is 32.4 Å². The molecule has 16 heteroatoms. The number of piperidine rings is 1. The third-order valence-electron chi connectivity index (χ3n) is 12.5. The van der Waals surface area contributed by atoms with Crippen LogP contribution in [0, 0.1) is 5.92 Å². The van der Waals surface area contributed by atoms with E-state index in [1.54, 1.807) is 14.2 Å². The summed E-state index contributed by atoms with van der Waals surface area (Å²) in [6.07, 6.45) is 6.45. The molecular weight excluding hydrogens is 782 g/mol. The van der Waals surface area contributed by atoms with Gasteiger partial charge in [-0.25, -0.2) is 0 Å². The lowest BCUT2D eigenvalue weighted by molar-refractivity contribution is -0.218. The molecule has 1 aromatic carbocycles. The highest BCUT2D eigenvalue weighted by Crippen LogP contribution is 2.66. The van der Waals surface area contributed by atoms with Crippen molar-refractivity contribution in [3.8, 4) is 11.5 Å². The fraction of sp³-hybridized carbons (Fsp3) is 0.864. The van der Waals surface area contributed by atoms with Gasteiger partial charge in [-0.05, 0) is 62.6 Å². The van der Waals surface area contributed by atoms with Crippen molar-refractivity contribution in [2.24, 2.45) is 5.92 Å². The van der Waals surface area contributed by atoms with Crippen molar-refractivity contribution in [2.75, 3.05) is 166 Å². The first-order chi connectivity index (χ1) is 29.6. The normalized spacial score (nSPS) is 25.6. The Labute approximate surface area is 356 Å². The van der Waals surface area contributed by atoms with Crippen molar-refractivity contribution in [2.45, 2.75) is 74.2 Å². The summed E-state index contributed by atoms with van der Waals surface area (Å²) in [5.41, 5.74) is 0.922. The van der Waals surface area contributed by atoms with Gasteiger partial charge < -0.3 is 71.4 Å². The Balaban J connectivity index is 0.810. The quantitative estimate of drug-likeness (QED) is 0.0778. The first-order valence-corrected chi connectivity index (χ1v) is 22.3. The average Bonchev–Trinajstić information content (AvgIpc) is 3.59. The molecule has 5 aliphatic rings. The Bertz CT molecular complexity index is 1340. The van der Waals surface area contributed by atoms with E-state index in [1.807, 2.05) is 6.07 Å². The monoisotopic (exact) mass is 855 g/mol. The molecule has 2 aliphatic heterocycles. The van der Waals surface area contributed by atoms with Gasteiger partial charge in [0.25, 0.3) is 0 Å². The number of hydrogen-bond acceptors (Lipinski definition) is 16. The summed E-state index contributed by atoms with van der Waals surface area (Å²) in [6.45, 7) is 12.2. The van der Waals surface area contributed by atoms with Gasteiger partial charge in [-0.2, -0.15) is 0 Å². The van der Waals surface area contributed by atoms with Crippen LogP contribution in [0.5, 0.6) is 11.5 Å². The number of nitrogens with zero attached hydrogens (tertiary/aromatic N) is 1. The Kier molecular flexibility index (Phi) is 20.8. The van der Waals surface area contributed by atoms with Gasteiger partial charge >= 0.3 is 0 Å². The molecule has 1 aromatic rings. The fourth-order valence-electron chi connectivity index (χ4n) is 9.43. The van der Waals surface area contributed by atoms with Crippen molar-refractivity contribution < 1.29 is 71.4 Å². The number of methoxy groups -OCH3 is 2. The number of rotatable bonds is 36. The molecule has 3 aliphatic carbocycles. The Morgan fingerprint density at radius 3 is 1.67 bits per heavy atom. The highest BCUT2D eigenvalue weighted by Gasteiger charge is 2.73. The molecule has 1 spiro atoms. The summed E-state index contributed by atoms with van der Waals surface area (Å²) in [7, 11) is 3.30. The zero-order chi connectivity index (χ0) is 41.7. The van der Waals surface area contributed by atoms with Gasteiger partial charge in [-0.15, -0.1) is 0 Å². The molecule has 6 rings (SSSR count). The fourth-order valence-corrected chi connectivity index (χ4v) is 9.43. The smallest absolute Gasteiger partial charge is 0.189 e. The lowest BCUT2D eigenvalue weighted by atomic mass is 9.48. The highest BCUT2D eigenvalue weighted by molar-refractivity contribution is 5.63. The lowest BCUT2D eigenvalue weighted by Crippen LogP contribution is -2.77. The Hall–Kier alpha value is -1.74. The second-order valence-corrected chi connectivity index (χ2v) is 16.1. The minimum absolute atomic E-state index is 0.0613. The van der Waals surface area contributed by atoms with E-state index in [1.165, 1.54) is 24.8 Å². The minimum Gasteiger partial charge on any atom is -0.482 e. The maximum absolute atomic E-state index is 12.9. The van der Waals surface area contributed by atoms with Crippen LogP contribution in [0.25, 0.3) is 0 Å². The van der Waals surface area contributed by atoms with Crippen LogP contribution in [-0.2, 0) is 68.7 Å². The molecule has 60 heavy (non-hydrogen) atoms. The van der Waals surface area contributed by atoms with Gasteiger partial charge in [-0.3, -0.25) is 4.90 Å². The van der Waals surface area contributed by atoms with Crippen molar-refractivity contribution in [3.63, 3.8) is 0 Å². The highest BCUT2D eigenvalue weighted by atomic mass is 16.7. The molecule has 0 radical (unpaired) electrons. The number of ether oxygens (including phenoxy) is 14. The third kappa shape index (κ3) is 12.7. The predicted molar refractivity (Wildman–Crippen MR) is 219 cm³/mol. The van der Waals surface area contributed by atoms with E-state index in [0.717, 1.165) is 49.6 Å². The van der Waals surface area contributed by atoms with E-state index < -0.39 is 11.0 Å². The van der Waals surface area contributed by atoms with Crippen LogP contribution in [0.3, 0.4) is 0 Å². The van der Waals surface area contributed by atoms with Gasteiger partial charge in [0.2, 0.25) is 0 Å². The molecule has 2 bridgehead atoms. The first kappa shape index (κ1) is 47.7. The number of hydrogen-bond donors (Lipinski definition) is 1. The minimum atomic E-state index is -0.903. The molecule has 0 amide bonds. The topological polar surface area (TPSA) is 153 Å². The standard InChI is InChI=1S/C44H73NO15/c1-47-12-14-49-16-17-50-18-19-51-20-21-52-22-23-53-24-25-54-26-27-55-28-29-56-30-31-58-38-8-9-44(46)39-32-36-6-7-37(59-34-57-15-13-48-2)41-40(36)43(44,42(38)60-41)10-11-45(39)33-35-4-3-5-35/h6-7,35,38-39,42,46H,3-5,8-34H2,1-2H3/t38-,39+,42-,43-,44+/m0/s1. The van der Waals surface area contributed by atoms with Crippen LogP contribution in [0.1, 0.15) is 49.7 Å². The predicted octanol–water partition coefficient (Wildman–Crippen LogP) is 2.80. The summed E-state index contributed by atoms with van der Waals surface area (Å²) in [5, 5.41) is 12.9. The SMILES string of the molecule is COCCOCCOCCOCCOCCOCCOCCOCCOCCO[C@H]1CC[C@@]2(O)[C@H]3Cc4ccc(OCOCCOC)c5c4[C@@]2(CCN3CC2CCC2)[C@H]1O5. The molecule has 2 saturated carbocycles. The van der Waals surface area contributed by atoms with Crippen LogP contribution in [-0.4, -0.2) is 200 Å². The molecule has 16 nitrogen and oxygen atoms in total. The molecule has 344 valence electrons. The van der Waals surface area contributed by atoms with Crippen molar-refractivity contribution in [1.82, 2.24) is 4.90 Å². The largest absolute Gasteiger partial charge is 0.482 e. The molecule has 0 unspecified atom stereocenters. The second-order valence-electron chi connectivity index (χ2n) is 16.1. The Morgan fingerprint density at radius 1 is 0.633 bits per heavy atom. The number of aliphatic hydroxyl groups is 1. The van der Waals surface area contributed by atoms with E-state index >= 15 is 0 Å². The molecule has 2 heterocycles. The van der Waals surface area contributed by atoms with Crippen molar-refractivity contribution >= 4 is 0 Å². The van der Waals surface area contributed by atoms with Crippen LogP contribution in [0.2, 0.25) is 0 Å². The molecule has 1 saturated heterocycles. The van der Waals surface area contributed by atoms with Gasteiger partial charge in [-0.1, -0.05) is 12.5 Å². The maximum Gasteiger partial charge on any atom is 0.189 e. The maximum atomic E-state index is 12.9. The number of benzene rings is 1. The molecule has 3 fully saturated rings. The summed E-state index contributed by atoms with van der Waals surface area (Å²) >= 11 is 0. The van der Waals surface area contributed by atoms with E-state index in [0.29, 0.717) is 144 Å². The second kappa shape index (κ2) is 26.1. The van der Waals surface area contributed by atoms with E-state index in [2.05, 4.69) is 11.0 Å². The molecular formula is C44H73NO15. The zero-order valence-electron chi connectivity index (χ0n) is 36.3. The third-order valence-corrected chi connectivity index (χ3v) is 12.5. The lowest BCUT2D eigenvalue weighted by Gasteiger charge is -2.64.